The number of aryl methyl sites for hydroxylation is 1. The Morgan fingerprint density at radius 1 is 1.29 bits per heavy atom. The van der Waals surface area contributed by atoms with Gasteiger partial charge in [0.2, 0.25) is 5.56 Å². The molecule has 1 aliphatic rings. The second-order valence-corrected chi connectivity index (χ2v) is 6.09. The van der Waals surface area contributed by atoms with Crippen molar-refractivity contribution in [2.24, 2.45) is 5.92 Å². The lowest BCUT2D eigenvalue weighted by Gasteiger charge is -2.32. The summed E-state index contributed by atoms with van der Waals surface area (Å²) in [5.74, 6) is -0.487. The second kappa shape index (κ2) is 6.78. The molecule has 1 saturated heterocycles. The minimum absolute atomic E-state index is 0.0322. The summed E-state index contributed by atoms with van der Waals surface area (Å²) in [6.45, 7) is 2.69. The maximum Gasteiger partial charge on any atom is 0.254 e. The van der Waals surface area contributed by atoms with Crippen LogP contribution in [0.1, 0.15) is 39.4 Å². The highest BCUT2D eigenvalue weighted by atomic mass is 16.2. The van der Waals surface area contributed by atoms with E-state index in [-0.39, 0.29) is 23.2 Å². The fourth-order valence-electron chi connectivity index (χ4n) is 3.08. The quantitative estimate of drug-likeness (QED) is 0.873. The average molecular weight is 325 g/mol. The molecule has 24 heavy (non-hydrogen) atoms. The molecule has 0 aliphatic carbocycles. The lowest BCUT2D eigenvalue weighted by molar-refractivity contribution is 0.0635. The third-order valence-electron chi connectivity index (χ3n) is 4.22. The minimum Gasteiger partial charge on any atom is -0.338 e. The van der Waals surface area contributed by atoms with Gasteiger partial charge in [-0.2, -0.15) is 0 Å². The van der Waals surface area contributed by atoms with Crippen molar-refractivity contribution in [3.63, 3.8) is 0 Å². The van der Waals surface area contributed by atoms with Crippen molar-refractivity contribution >= 4 is 11.7 Å². The van der Waals surface area contributed by atoms with Crippen LogP contribution in [0.3, 0.4) is 0 Å². The molecular weight excluding hydrogens is 306 g/mol. The molecule has 0 spiro atoms. The number of likely N-dealkylation sites (tertiary alicyclic amines) is 1. The summed E-state index contributed by atoms with van der Waals surface area (Å²) in [5, 5.41) is 0. The number of carbonyl (C=O) groups is 2. The standard InChI is InChI=1S/C18H19N3O3/c1-12-9-14(10-16(22)20-12)18(24)21-8-4-5-13(11-21)17(23)15-6-2-3-7-19-15/h2-3,6-7,9-10,13H,4-5,8,11H2,1H3,(H,20,22). The van der Waals surface area contributed by atoms with E-state index < -0.39 is 0 Å². The minimum atomic E-state index is -0.295. The van der Waals surface area contributed by atoms with Gasteiger partial charge < -0.3 is 9.88 Å². The Labute approximate surface area is 139 Å². The predicted molar refractivity (Wildman–Crippen MR) is 89.0 cm³/mol. The molecule has 3 rings (SSSR count). The van der Waals surface area contributed by atoms with E-state index in [0.29, 0.717) is 30.0 Å². The van der Waals surface area contributed by atoms with E-state index in [4.69, 9.17) is 0 Å². The smallest absolute Gasteiger partial charge is 0.254 e. The Balaban J connectivity index is 1.77. The summed E-state index contributed by atoms with van der Waals surface area (Å²) in [7, 11) is 0. The van der Waals surface area contributed by atoms with Crippen molar-refractivity contribution in [3.8, 4) is 0 Å². The van der Waals surface area contributed by atoms with E-state index in [1.54, 1.807) is 42.3 Å². The van der Waals surface area contributed by atoms with Gasteiger partial charge in [0, 0.05) is 42.5 Å². The van der Waals surface area contributed by atoms with Gasteiger partial charge in [0.15, 0.2) is 5.78 Å². The first-order chi connectivity index (χ1) is 11.5. The molecule has 6 nitrogen and oxygen atoms in total. The SMILES string of the molecule is Cc1cc(C(=O)N2CCCC(C(=O)c3ccccn3)C2)cc(=O)[nH]1. The number of piperidine rings is 1. The molecule has 0 aromatic carbocycles. The maximum absolute atomic E-state index is 12.7. The molecule has 1 fully saturated rings. The van der Waals surface area contributed by atoms with Crippen molar-refractivity contribution < 1.29 is 9.59 Å². The third kappa shape index (κ3) is 3.42. The monoisotopic (exact) mass is 325 g/mol. The molecule has 6 heteroatoms. The Morgan fingerprint density at radius 3 is 2.83 bits per heavy atom. The highest BCUT2D eigenvalue weighted by molar-refractivity contribution is 5.98. The summed E-state index contributed by atoms with van der Waals surface area (Å²) < 4.78 is 0. The van der Waals surface area contributed by atoms with Crippen LogP contribution in [0, 0.1) is 12.8 Å². The van der Waals surface area contributed by atoms with Crippen molar-refractivity contribution in [2.45, 2.75) is 19.8 Å². The number of pyridine rings is 2. The molecule has 0 saturated carbocycles. The number of hydrogen-bond donors (Lipinski definition) is 1. The maximum atomic E-state index is 12.7. The lowest BCUT2D eigenvalue weighted by atomic mass is 9.91. The number of ketones is 1. The first kappa shape index (κ1) is 16.1. The fourth-order valence-corrected chi connectivity index (χ4v) is 3.08. The fraction of sp³-hybridized carbons (Fsp3) is 0.333. The summed E-state index contributed by atoms with van der Waals surface area (Å²) in [6.07, 6.45) is 3.10. The van der Waals surface area contributed by atoms with Gasteiger partial charge in [-0.1, -0.05) is 6.07 Å². The molecule has 1 aliphatic heterocycles. The number of aromatic amines is 1. The highest BCUT2D eigenvalue weighted by Crippen LogP contribution is 2.21. The van der Waals surface area contributed by atoms with Gasteiger partial charge in [0.25, 0.3) is 5.91 Å². The van der Waals surface area contributed by atoms with Crippen LogP contribution >= 0.6 is 0 Å². The van der Waals surface area contributed by atoms with Crippen LogP contribution in [0.2, 0.25) is 0 Å². The summed E-state index contributed by atoms with van der Waals surface area (Å²) in [5.41, 5.74) is 1.14. The third-order valence-corrected chi connectivity index (χ3v) is 4.22. The van der Waals surface area contributed by atoms with Gasteiger partial charge >= 0.3 is 0 Å². The molecule has 2 aromatic rings. The van der Waals surface area contributed by atoms with Crippen LogP contribution in [0.15, 0.2) is 41.3 Å². The summed E-state index contributed by atoms with van der Waals surface area (Å²) >= 11 is 0. The van der Waals surface area contributed by atoms with Gasteiger partial charge in [-0.3, -0.25) is 19.4 Å². The summed E-state index contributed by atoms with van der Waals surface area (Å²) in [6, 6.07) is 8.21. The molecule has 1 unspecified atom stereocenters. The largest absolute Gasteiger partial charge is 0.338 e. The molecule has 124 valence electrons. The van der Waals surface area contributed by atoms with E-state index in [1.165, 1.54) is 6.07 Å². The van der Waals surface area contributed by atoms with Crippen molar-refractivity contribution in [1.82, 2.24) is 14.9 Å². The van der Waals surface area contributed by atoms with Crippen molar-refractivity contribution in [2.75, 3.05) is 13.1 Å². The molecule has 3 heterocycles. The number of Topliss-reactive ketones (excluding diaryl/α,β-unsaturated/α-hetero) is 1. The zero-order valence-corrected chi connectivity index (χ0v) is 13.5. The Morgan fingerprint density at radius 2 is 2.12 bits per heavy atom. The molecule has 1 atom stereocenters. The van der Waals surface area contributed by atoms with Gasteiger partial charge in [-0.15, -0.1) is 0 Å². The van der Waals surface area contributed by atoms with E-state index in [9.17, 15) is 14.4 Å². The van der Waals surface area contributed by atoms with E-state index >= 15 is 0 Å². The Kier molecular flexibility index (Phi) is 4.55. The van der Waals surface area contributed by atoms with Crippen LogP contribution < -0.4 is 5.56 Å². The molecule has 1 amide bonds. The number of nitrogens with zero attached hydrogens (tertiary/aromatic N) is 2. The van der Waals surface area contributed by atoms with Gasteiger partial charge in [-0.25, -0.2) is 0 Å². The zero-order valence-electron chi connectivity index (χ0n) is 13.5. The van der Waals surface area contributed by atoms with Crippen LogP contribution in [-0.2, 0) is 0 Å². The van der Waals surface area contributed by atoms with E-state index in [0.717, 1.165) is 12.8 Å². The van der Waals surface area contributed by atoms with Crippen LogP contribution in [0.5, 0.6) is 0 Å². The zero-order chi connectivity index (χ0) is 17.1. The number of nitrogens with one attached hydrogen (secondary N) is 1. The number of aromatic nitrogens is 2. The second-order valence-electron chi connectivity index (χ2n) is 6.09. The van der Waals surface area contributed by atoms with Crippen molar-refractivity contribution in [3.05, 3.63) is 63.8 Å². The number of hydrogen-bond acceptors (Lipinski definition) is 4. The first-order valence-corrected chi connectivity index (χ1v) is 8.00. The van der Waals surface area contributed by atoms with Crippen LogP contribution in [0.25, 0.3) is 0 Å². The lowest BCUT2D eigenvalue weighted by Crippen LogP contribution is -2.42. The van der Waals surface area contributed by atoms with E-state index in [1.807, 2.05) is 0 Å². The predicted octanol–water partition coefficient (Wildman–Crippen LogP) is 1.81. The molecule has 0 bridgehead atoms. The number of rotatable bonds is 3. The van der Waals surface area contributed by atoms with Gasteiger partial charge in [-0.05, 0) is 38.0 Å². The Hall–Kier alpha value is -2.76. The average Bonchev–Trinajstić information content (AvgIpc) is 2.60. The van der Waals surface area contributed by atoms with Crippen LogP contribution in [0.4, 0.5) is 0 Å². The Bertz CT molecular complexity index is 814. The van der Waals surface area contributed by atoms with Crippen molar-refractivity contribution in [1.29, 1.82) is 0 Å². The topological polar surface area (TPSA) is 83.1 Å². The molecular formula is C18H19N3O3. The molecule has 1 N–H and O–H groups in total. The first-order valence-electron chi connectivity index (χ1n) is 8.00. The molecule has 0 radical (unpaired) electrons. The van der Waals surface area contributed by atoms with Crippen LogP contribution in [-0.4, -0.2) is 39.6 Å². The number of carbonyl (C=O) groups excluding carboxylic acids is 2. The molecule has 2 aromatic heterocycles. The van der Waals surface area contributed by atoms with Gasteiger partial charge in [0.05, 0.1) is 0 Å². The van der Waals surface area contributed by atoms with E-state index in [2.05, 4.69) is 9.97 Å². The highest BCUT2D eigenvalue weighted by Gasteiger charge is 2.30. The van der Waals surface area contributed by atoms with Gasteiger partial charge in [0.1, 0.15) is 5.69 Å². The summed E-state index contributed by atoms with van der Waals surface area (Å²) in [4.78, 5) is 45.2. The number of H-pyrrole nitrogens is 1. The normalized spacial score (nSPS) is 17.5. The number of amides is 1.